The van der Waals surface area contributed by atoms with Crippen LogP contribution in [0.4, 0.5) is 0 Å². The Labute approximate surface area is 119 Å². The highest BCUT2D eigenvalue weighted by atomic mass is 32.1. The third-order valence-electron chi connectivity index (χ3n) is 4.97. The standard InChI is InChI=1S/C15H22N2OS/c1-11(13-4-3-9-19-13)17(2)14(18)12-10-15(12)5-7-16-8-6-15/h3-4,9,11-12,16H,5-8,10H2,1-2H3. The van der Waals surface area contributed by atoms with Gasteiger partial charge in [0.1, 0.15) is 0 Å². The molecule has 0 radical (unpaired) electrons. The summed E-state index contributed by atoms with van der Waals surface area (Å²) < 4.78 is 0. The van der Waals surface area contributed by atoms with Gasteiger partial charge < -0.3 is 10.2 Å². The van der Waals surface area contributed by atoms with Crippen molar-refractivity contribution in [3.8, 4) is 0 Å². The zero-order chi connectivity index (χ0) is 13.5. The van der Waals surface area contributed by atoms with Crippen LogP contribution in [0.1, 0.15) is 37.1 Å². The molecule has 1 aromatic heterocycles. The number of amides is 1. The highest BCUT2D eigenvalue weighted by Gasteiger charge is 2.58. The van der Waals surface area contributed by atoms with Crippen LogP contribution in [0.15, 0.2) is 17.5 Å². The Kier molecular flexibility index (Phi) is 3.39. The van der Waals surface area contributed by atoms with Gasteiger partial charge in [-0.3, -0.25) is 4.79 Å². The van der Waals surface area contributed by atoms with Crippen LogP contribution in [0, 0.1) is 11.3 Å². The monoisotopic (exact) mass is 278 g/mol. The van der Waals surface area contributed by atoms with Crippen LogP contribution in [0.2, 0.25) is 0 Å². The van der Waals surface area contributed by atoms with E-state index in [0.717, 1.165) is 19.5 Å². The third kappa shape index (κ3) is 2.32. The third-order valence-corrected chi connectivity index (χ3v) is 6.01. The molecule has 1 aliphatic carbocycles. The zero-order valence-electron chi connectivity index (χ0n) is 11.7. The van der Waals surface area contributed by atoms with E-state index in [4.69, 9.17) is 0 Å². The molecule has 19 heavy (non-hydrogen) atoms. The average molecular weight is 278 g/mol. The van der Waals surface area contributed by atoms with E-state index in [2.05, 4.69) is 29.8 Å². The van der Waals surface area contributed by atoms with Gasteiger partial charge in [0, 0.05) is 17.8 Å². The molecule has 2 atom stereocenters. The van der Waals surface area contributed by atoms with Gasteiger partial charge in [-0.2, -0.15) is 0 Å². The molecule has 2 aliphatic rings. The highest BCUT2D eigenvalue weighted by molar-refractivity contribution is 7.10. The lowest BCUT2D eigenvalue weighted by atomic mass is 9.91. The summed E-state index contributed by atoms with van der Waals surface area (Å²) in [6.45, 7) is 4.28. The number of rotatable bonds is 3. The van der Waals surface area contributed by atoms with Crippen molar-refractivity contribution in [3.63, 3.8) is 0 Å². The largest absolute Gasteiger partial charge is 0.338 e. The number of carbonyl (C=O) groups is 1. The van der Waals surface area contributed by atoms with Crippen LogP contribution in [-0.4, -0.2) is 30.9 Å². The number of nitrogens with one attached hydrogen (secondary N) is 1. The van der Waals surface area contributed by atoms with Crippen LogP contribution >= 0.6 is 11.3 Å². The zero-order valence-corrected chi connectivity index (χ0v) is 12.5. The Morgan fingerprint density at radius 3 is 2.89 bits per heavy atom. The van der Waals surface area contributed by atoms with Gasteiger partial charge in [-0.05, 0) is 56.1 Å². The lowest BCUT2D eigenvalue weighted by Crippen LogP contribution is -2.35. The van der Waals surface area contributed by atoms with E-state index in [1.165, 1.54) is 17.7 Å². The van der Waals surface area contributed by atoms with Crippen molar-refractivity contribution in [3.05, 3.63) is 22.4 Å². The van der Waals surface area contributed by atoms with Crippen molar-refractivity contribution in [2.75, 3.05) is 20.1 Å². The minimum absolute atomic E-state index is 0.201. The molecule has 2 unspecified atom stereocenters. The van der Waals surface area contributed by atoms with Crippen LogP contribution in [-0.2, 0) is 4.79 Å². The van der Waals surface area contributed by atoms with Gasteiger partial charge in [0.05, 0.1) is 6.04 Å². The number of carbonyl (C=O) groups excluding carboxylic acids is 1. The van der Waals surface area contributed by atoms with Gasteiger partial charge in [-0.1, -0.05) is 6.07 Å². The lowest BCUT2D eigenvalue weighted by molar-refractivity contribution is -0.134. The molecule has 0 aromatic carbocycles. The van der Waals surface area contributed by atoms with Crippen molar-refractivity contribution >= 4 is 17.2 Å². The molecule has 1 N–H and O–H groups in total. The Balaban J connectivity index is 1.65. The van der Waals surface area contributed by atoms with E-state index in [0.29, 0.717) is 11.3 Å². The molecule has 3 nitrogen and oxygen atoms in total. The van der Waals surface area contributed by atoms with E-state index in [1.807, 2.05) is 11.9 Å². The van der Waals surface area contributed by atoms with E-state index < -0.39 is 0 Å². The van der Waals surface area contributed by atoms with Crippen LogP contribution in [0.5, 0.6) is 0 Å². The maximum Gasteiger partial charge on any atom is 0.226 e. The summed E-state index contributed by atoms with van der Waals surface area (Å²) >= 11 is 1.73. The predicted octanol–water partition coefficient (Wildman–Crippen LogP) is 2.66. The minimum atomic E-state index is 0.201. The van der Waals surface area contributed by atoms with Crippen molar-refractivity contribution in [1.29, 1.82) is 0 Å². The number of nitrogens with zero attached hydrogens (tertiary/aromatic N) is 1. The van der Waals surface area contributed by atoms with Crippen molar-refractivity contribution in [2.45, 2.75) is 32.2 Å². The summed E-state index contributed by atoms with van der Waals surface area (Å²) in [6.07, 6.45) is 3.45. The molecule has 1 amide bonds. The molecule has 2 fully saturated rings. The fourth-order valence-corrected chi connectivity index (χ4v) is 4.16. The smallest absolute Gasteiger partial charge is 0.226 e. The number of piperidine rings is 1. The maximum atomic E-state index is 12.6. The highest BCUT2D eigenvalue weighted by Crippen LogP contribution is 2.59. The van der Waals surface area contributed by atoms with Crippen molar-refractivity contribution < 1.29 is 4.79 Å². The first kappa shape index (κ1) is 13.1. The fraction of sp³-hybridized carbons (Fsp3) is 0.667. The lowest BCUT2D eigenvalue weighted by Gasteiger charge is -2.28. The predicted molar refractivity (Wildman–Crippen MR) is 78.1 cm³/mol. The Hall–Kier alpha value is -0.870. The molecule has 4 heteroatoms. The SMILES string of the molecule is CC(c1cccs1)N(C)C(=O)C1CC12CCNCC2. The fourth-order valence-electron chi connectivity index (χ4n) is 3.33. The van der Waals surface area contributed by atoms with Gasteiger partial charge in [0.2, 0.25) is 5.91 Å². The van der Waals surface area contributed by atoms with Gasteiger partial charge in [0.15, 0.2) is 0 Å². The van der Waals surface area contributed by atoms with Crippen molar-refractivity contribution in [1.82, 2.24) is 10.2 Å². The van der Waals surface area contributed by atoms with Crippen LogP contribution in [0.25, 0.3) is 0 Å². The average Bonchev–Trinajstić information content (AvgIpc) is 2.90. The molecule has 2 heterocycles. The molecule has 0 bridgehead atoms. The Morgan fingerprint density at radius 1 is 1.53 bits per heavy atom. The molecular formula is C15H22N2OS. The summed E-state index contributed by atoms with van der Waals surface area (Å²) in [7, 11) is 1.96. The second kappa shape index (κ2) is 4.91. The molecule has 1 saturated heterocycles. The summed E-state index contributed by atoms with van der Waals surface area (Å²) in [5.74, 6) is 0.629. The maximum absolute atomic E-state index is 12.6. The quantitative estimate of drug-likeness (QED) is 0.922. The van der Waals surface area contributed by atoms with Gasteiger partial charge in [-0.15, -0.1) is 11.3 Å². The summed E-state index contributed by atoms with van der Waals surface area (Å²) in [5, 5.41) is 5.47. The molecule has 1 saturated carbocycles. The molecule has 1 aliphatic heterocycles. The van der Waals surface area contributed by atoms with E-state index >= 15 is 0 Å². The summed E-state index contributed by atoms with van der Waals surface area (Å²) in [5.41, 5.74) is 0.339. The second-order valence-corrected chi connectivity index (χ2v) is 6.99. The van der Waals surface area contributed by atoms with Crippen molar-refractivity contribution in [2.24, 2.45) is 11.3 Å². The molecule has 1 spiro atoms. The number of thiophene rings is 1. The van der Waals surface area contributed by atoms with Gasteiger partial charge in [-0.25, -0.2) is 0 Å². The molecular weight excluding hydrogens is 256 g/mol. The second-order valence-electron chi connectivity index (χ2n) is 6.01. The Bertz CT molecular complexity index is 451. The van der Waals surface area contributed by atoms with Gasteiger partial charge >= 0.3 is 0 Å². The van der Waals surface area contributed by atoms with E-state index in [-0.39, 0.29) is 12.0 Å². The van der Waals surface area contributed by atoms with E-state index in [9.17, 15) is 4.79 Å². The summed E-state index contributed by atoms with van der Waals surface area (Å²) in [6, 6.07) is 4.37. The van der Waals surface area contributed by atoms with Gasteiger partial charge in [0.25, 0.3) is 0 Å². The topological polar surface area (TPSA) is 32.3 Å². The number of hydrogen-bond donors (Lipinski definition) is 1. The molecule has 1 aromatic rings. The first-order valence-electron chi connectivity index (χ1n) is 7.15. The minimum Gasteiger partial charge on any atom is -0.338 e. The first-order valence-corrected chi connectivity index (χ1v) is 8.03. The number of hydrogen-bond acceptors (Lipinski definition) is 3. The Morgan fingerprint density at radius 2 is 2.26 bits per heavy atom. The van der Waals surface area contributed by atoms with E-state index in [1.54, 1.807) is 11.3 Å². The van der Waals surface area contributed by atoms with Crippen LogP contribution in [0.3, 0.4) is 0 Å². The molecule has 3 rings (SSSR count). The molecule has 104 valence electrons. The summed E-state index contributed by atoms with van der Waals surface area (Å²) in [4.78, 5) is 15.9. The first-order chi connectivity index (χ1) is 9.14. The van der Waals surface area contributed by atoms with Crippen LogP contribution < -0.4 is 5.32 Å². The normalized spacial score (nSPS) is 26.1.